The molecule has 2 atom stereocenters. The molecule has 0 radical (unpaired) electrons. The minimum Gasteiger partial charge on any atom is -0.454 e. The maximum absolute atomic E-state index is 13.0. The Labute approximate surface area is 160 Å². The van der Waals surface area contributed by atoms with Gasteiger partial charge in [-0.15, -0.1) is 11.3 Å². The van der Waals surface area contributed by atoms with Crippen LogP contribution in [0, 0.1) is 0 Å². The molecule has 1 saturated heterocycles. The molecule has 0 spiro atoms. The van der Waals surface area contributed by atoms with Crippen molar-refractivity contribution in [2.24, 2.45) is 5.16 Å². The first kappa shape index (κ1) is 16.6. The lowest BCUT2D eigenvalue weighted by atomic mass is 10.0. The largest absolute Gasteiger partial charge is 0.454 e. The lowest BCUT2D eigenvalue weighted by Gasteiger charge is -2.25. The molecule has 4 heterocycles. The molecule has 140 valence electrons. The second-order valence-corrected chi connectivity index (χ2v) is 7.81. The number of rotatable bonds is 4. The molecular formula is C19H19N3O4S. The summed E-state index contributed by atoms with van der Waals surface area (Å²) in [6.07, 6.45) is 4.36. The normalized spacial score (nSPS) is 23.4. The fourth-order valence-electron chi connectivity index (χ4n) is 3.82. The molecule has 2 unspecified atom stereocenters. The number of ether oxygens (including phenoxy) is 2. The number of nitrogens with zero attached hydrogens (tertiary/aromatic N) is 3. The van der Waals surface area contributed by atoms with Gasteiger partial charge in [0.2, 0.25) is 12.9 Å². The van der Waals surface area contributed by atoms with E-state index in [2.05, 4.69) is 10.1 Å². The van der Waals surface area contributed by atoms with Crippen LogP contribution in [0.15, 0.2) is 34.9 Å². The van der Waals surface area contributed by atoms with Crippen LogP contribution < -0.4 is 9.47 Å². The van der Waals surface area contributed by atoms with Gasteiger partial charge in [0, 0.05) is 31.0 Å². The Morgan fingerprint density at radius 2 is 2.22 bits per heavy atom. The Kier molecular flexibility index (Phi) is 4.20. The van der Waals surface area contributed by atoms with E-state index in [1.165, 1.54) is 0 Å². The van der Waals surface area contributed by atoms with Gasteiger partial charge >= 0.3 is 0 Å². The van der Waals surface area contributed by atoms with Crippen LogP contribution in [0.1, 0.15) is 35.9 Å². The highest BCUT2D eigenvalue weighted by Crippen LogP contribution is 2.35. The molecule has 1 aromatic heterocycles. The van der Waals surface area contributed by atoms with Crippen molar-refractivity contribution in [3.05, 3.63) is 40.3 Å². The van der Waals surface area contributed by atoms with Gasteiger partial charge in [0.15, 0.2) is 11.5 Å². The Morgan fingerprint density at radius 3 is 3.11 bits per heavy atom. The summed E-state index contributed by atoms with van der Waals surface area (Å²) < 4.78 is 10.8. The first-order valence-electron chi connectivity index (χ1n) is 9.08. The standard InChI is InChI=1S/C19H19N3O4S/c23-19(22-6-1-2-14(22)18-20-5-7-27-18)17-10-13(21-26-17)8-12-3-4-15-16(9-12)25-11-24-15/h3-5,7,9,14,17H,1-2,6,8,10-11H2. The number of aromatic nitrogens is 1. The molecule has 7 nitrogen and oxygen atoms in total. The van der Waals surface area contributed by atoms with Gasteiger partial charge in [0.05, 0.1) is 11.8 Å². The molecule has 0 saturated carbocycles. The van der Waals surface area contributed by atoms with Crippen LogP contribution in [0.2, 0.25) is 0 Å². The lowest BCUT2D eigenvalue weighted by molar-refractivity contribution is -0.143. The van der Waals surface area contributed by atoms with Crippen LogP contribution in [0.25, 0.3) is 0 Å². The number of amides is 1. The highest BCUT2D eigenvalue weighted by Gasteiger charge is 2.38. The van der Waals surface area contributed by atoms with Gasteiger partial charge in [-0.2, -0.15) is 0 Å². The van der Waals surface area contributed by atoms with Crippen molar-refractivity contribution >= 4 is 23.0 Å². The van der Waals surface area contributed by atoms with Crippen LogP contribution >= 0.6 is 11.3 Å². The number of fused-ring (bicyclic) bond motifs is 1. The van der Waals surface area contributed by atoms with Gasteiger partial charge in [-0.1, -0.05) is 11.2 Å². The summed E-state index contributed by atoms with van der Waals surface area (Å²) in [7, 11) is 0. The van der Waals surface area contributed by atoms with E-state index in [1.54, 1.807) is 17.5 Å². The average molecular weight is 385 g/mol. The van der Waals surface area contributed by atoms with Gasteiger partial charge in [0.25, 0.3) is 5.91 Å². The SMILES string of the molecule is O=C(C1CC(Cc2ccc3c(c2)OCO3)=NO1)N1CCCC1c1nccs1. The van der Waals surface area contributed by atoms with Crippen molar-refractivity contribution in [2.45, 2.75) is 37.8 Å². The number of oxime groups is 1. The second kappa shape index (κ2) is 6.84. The highest BCUT2D eigenvalue weighted by atomic mass is 32.1. The Hall–Kier alpha value is -2.61. The zero-order chi connectivity index (χ0) is 18.2. The lowest BCUT2D eigenvalue weighted by Crippen LogP contribution is -2.38. The Morgan fingerprint density at radius 1 is 1.30 bits per heavy atom. The zero-order valence-corrected chi connectivity index (χ0v) is 15.5. The van der Waals surface area contributed by atoms with Crippen LogP contribution in [-0.2, 0) is 16.1 Å². The summed E-state index contributed by atoms with van der Waals surface area (Å²) in [4.78, 5) is 24.8. The van der Waals surface area contributed by atoms with Crippen LogP contribution in [0.5, 0.6) is 11.5 Å². The molecule has 1 aromatic carbocycles. The molecule has 5 rings (SSSR count). The molecule has 1 amide bonds. The van der Waals surface area contributed by atoms with Crippen molar-refractivity contribution in [2.75, 3.05) is 13.3 Å². The van der Waals surface area contributed by atoms with Crippen molar-refractivity contribution in [3.63, 3.8) is 0 Å². The topological polar surface area (TPSA) is 73.2 Å². The van der Waals surface area contributed by atoms with E-state index in [0.29, 0.717) is 12.8 Å². The molecular weight excluding hydrogens is 366 g/mol. The average Bonchev–Trinajstić information content (AvgIpc) is 3.47. The third-order valence-corrected chi connectivity index (χ3v) is 6.00. The highest BCUT2D eigenvalue weighted by molar-refractivity contribution is 7.09. The minimum atomic E-state index is -0.533. The van der Waals surface area contributed by atoms with Crippen LogP contribution in [0.3, 0.4) is 0 Å². The molecule has 0 bridgehead atoms. The minimum absolute atomic E-state index is 0.0112. The fraction of sp³-hybridized carbons (Fsp3) is 0.421. The number of likely N-dealkylation sites (tertiary alicyclic amines) is 1. The third kappa shape index (κ3) is 3.14. The zero-order valence-electron chi connectivity index (χ0n) is 14.7. The smallest absolute Gasteiger partial charge is 0.267 e. The predicted molar refractivity (Wildman–Crippen MR) is 99.0 cm³/mol. The van der Waals surface area contributed by atoms with Crippen molar-refractivity contribution in [1.82, 2.24) is 9.88 Å². The first-order valence-corrected chi connectivity index (χ1v) is 9.96. The van der Waals surface area contributed by atoms with Crippen LogP contribution in [0.4, 0.5) is 0 Å². The first-order chi connectivity index (χ1) is 13.3. The van der Waals surface area contributed by atoms with E-state index in [4.69, 9.17) is 14.3 Å². The number of hydrogen-bond donors (Lipinski definition) is 0. The number of carbonyl (C=O) groups excluding carboxylic acids is 1. The predicted octanol–water partition coefficient (Wildman–Crippen LogP) is 2.92. The van der Waals surface area contributed by atoms with Gasteiger partial charge in [-0.25, -0.2) is 4.98 Å². The van der Waals surface area contributed by atoms with Crippen molar-refractivity contribution in [3.8, 4) is 11.5 Å². The van der Waals surface area contributed by atoms with Gasteiger partial charge < -0.3 is 19.2 Å². The number of benzene rings is 1. The van der Waals surface area contributed by atoms with E-state index < -0.39 is 6.10 Å². The van der Waals surface area contributed by atoms with Gasteiger partial charge in [0.1, 0.15) is 5.01 Å². The molecule has 0 N–H and O–H groups in total. The molecule has 3 aliphatic rings. The van der Waals surface area contributed by atoms with Gasteiger partial charge in [-0.05, 0) is 30.5 Å². The van der Waals surface area contributed by atoms with Crippen LogP contribution in [-0.4, -0.2) is 40.9 Å². The van der Waals surface area contributed by atoms with Crippen molar-refractivity contribution in [1.29, 1.82) is 0 Å². The van der Waals surface area contributed by atoms with E-state index in [0.717, 1.165) is 47.2 Å². The van der Waals surface area contributed by atoms with Gasteiger partial charge in [-0.3, -0.25) is 4.79 Å². The summed E-state index contributed by atoms with van der Waals surface area (Å²) in [5.74, 6) is 1.53. The summed E-state index contributed by atoms with van der Waals surface area (Å²) >= 11 is 1.60. The molecule has 2 aromatic rings. The number of thiazole rings is 1. The van der Waals surface area contributed by atoms with Crippen molar-refractivity contribution < 1.29 is 19.1 Å². The molecule has 8 heteroatoms. The number of carbonyl (C=O) groups is 1. The fourth-order valence-corrected chi connectivity index (χ4v) is 4.61. The second-order valence-electron chi connectivity index (χ2n) is 6.88. The molecule has 27 heavy (non-hydrogen) atoms. The Bertz CT molecular complexity index is 883. The van der Waals surface area contributed by atoms with E-state index in [9.17, 15) is 4.79 Å². The third-order valence-electron chi connectivity index (χ3n) is 5.12. The number of hydrogen-bond acceptors (Lipinski definition) is 7. The maximum atomic E-state index is 13.0. The summed E-state index contributed by atoms with van der Waals surface area (Å²) in [5, 5.41) is 7.12. The Balaban J connectivity index is 1.23. The summed E-state index contributed by atoms with van der Waals surface area (Å²) in [6, 6.07) is 5.92. The van der Waals surface area contributed by atoms with E-state index in [1.807, 2.05) is 28.5 Å². The molecule has 3 aliphatic heterocycles. The summed E-state index contributed by atoms with van der Waals surface area (Å²) in [6.45, 7) is 1.01. The summed E-state index contributed by atoms with van der Waals surface area (Å²) in [5.41, 5.74) is 1.94. The monoisotopic (exact) mass is 385 g/mol. The molecule has 0 aliphatic carbocycles. The van der Waals surface area contributed by atoms with E-state index in [-0.39, 0.29) is 18.7 Å². The maximum Gasteiger partial charge on any atom is 0.267 e. The molecule has 1 fully saturated rings. The van der Waals surface area contributed by atoms with E-state index >= 15 is 0 Å². The quantitative estimate of drug-likeness (QED) is 0.809.